The van der Waals surface area contributed by atoms with Crippen LogP contribution < -0.4 is 15.4 Å². The first-order valence-corrected chi connectivity index (χ1v) is 6.86. The molecule has 21 heavy (non-hydrogen) atoms. The highest BCUT2D eigenvalue weighted by molar-refractivity contribution is 6.34. The lowest BCUT2D eigenvalue weighted by Crippen LogP contribution is -2.12. The predicted molar refractivity (Wildman–Crippen MR) is 86.7 cm³/mol. The van der Waals surface area contributed by atoms with Crippen LogP contribution in [0.1, 0.15) is 15.9 Å². The molecule has 0 aliphatic carbocycles. The zero-order valence-corrected chi connectivity index (χ0v) is 12.9. The van der Waals surface area contributed by atoms with Gasteiger partial charge in [-0.15, -0.1) is 0 Å². The standard InChI is InChI=1S/C16H17ClN2O2/c1-10-8-11(4-7-14(10)18-2)16(20)19-15-9-12(21-3)5-6-13(15)17/h4-9,18H,1-3H3,(H,19,20). The van der Waals surface area contributed by atoms with Gasteiger partial charge in [-0.3, -0.25) is 4.79 Å². The molecule has 1 amide bonds. The van der Waals surface area contributed by atoms with Crippen molar-refractivity contribution in [2.45, 2.75) is 6.92 Å². The Labute approximate surface area is 129 Å². The van der Waals surface area contributed by atoms with Crippen LogP contribution in [0.4, 0.5) is 11.4 Å². The van der Waals surface area contributed by atoms with E-state index < -0.39 is 0 Å². The van der Waals surface area contributed by atoms with Gasteiger partial charge in [-0.25, -0.2) is 0 Å². The Morgan fingerprint density at radius 2 is 1.90 bits per heavy atom. The maximum atomic E-state index is 12.3. The topological polar surface area (TPSA) is 50.4 Å². The van der Waals surface area contributed by atoms with Crippen LogP contribution >= 0.6 is 11.6 Å². The van der Waals surface area contributed by atoms with E-state index in [9.17, 15) is 4.79 Å². The smallest absolute Gasteiger partial charge is 0.255 e. The Morgan fingerprint density at radius 3 is 2.52 bits per heavy atom. The molecule has 0 fully saturated rings. The molecule has 2 rings (SSSR count). The van der Waals surface area contributed by atoms with E-state index >= 15 is 0 Å². The van der Waals surface area contributed by atoms with Crippen molar-refractivity contribution < 1.29 is 9.53 Å². The molecular formula is C16H17ClN2O2. The summed E-state index contributed by atoms with van der Waals surface area (Å²) in [6, 6.07) is 10.6. The molecule has 0 aromatic heterocycles. The molecule has 0 spiro atoms. The quantitative estimate of drug-likeness (QED) is 0.899. The minimum atomic E-state index is -0.212. The lowest BCUT2D eigenvalue weighted by atomic mass is 10.1. The van der Waals surface area contributed by atoms with Crippen LogP contribution in [0.3, 0.4) is 0 Å². The molecule has 0 bridgehead atoms. The number of halogens is 1. The molecule has 0 aliphatic rings. The number of nitrogens with one attached hydrogen (secondary N) is 2. The second-order valence-corrected chi connectivity index (χ2v) is 4.99. The predicted octanol–water partition coefficient (Wildman–Crippen LogP) is 3.95. The number of hydrogen-bond acceptors (Lipinski definition) is 3. The summed E-state index contributed by atoms with van der Waals surface area (Å²) in [6.45, 7) is 1.95. The summed E-state index contributed by atoms with van der Waals surface area (Å²) in [5.41, 5.74) is 3.09. The number of anilines is 2. The number of hydrogen-bond donors (Lipinski definition) is 2. The summed E-state index contributed by atoms with van der Waals surface area (Å²) in [4.78, 5) is 12.3. The van der Waals surface area contributed by atoms with Gasteiger partial charge in [0.15, 0.2) is 0 Å². The van der Waals surface area contributed by atoms with Gasteiger partial charge in [0.2, 0.25) is 0 Å². The van der Waals surface area contributed by atoms with Gasteiger partial charge in [-0.1, -0.05) is 11.6 Å². The third kappa shape index (κ3) is 3.47. The Hall–Kier alpha value is -2.20. The molecule has 0 heterocycles. The molecule has 0 aliphatic heterocycles. The first-order chi connectivity index (χ1) is 10.0. The van der Waals surface area contributed by atoms with Crippen molar-refractivity contribution in [3.05, 3.63) is 52.5 Å². The zero-order valence-electron chi connectivity index (χ0n) is 12.2. The van der Waals surface area contributed by atoms with E-state index in [-0.39, 0.29) is 5.91 Å². The minimum Gasteiger partial charge on any atom is -0.497 e. The van der Waals surface area contributed by atoms with Crippen molar-refractivity contribution >= 4 is 28.9 Å². The van der Waals surface area contributed by atoms with Crippen molar-refractivity contribution in [2.75, 3.05) is 24.8 Å². The maximum Gasteiger partial charge on any atom is 0.255 e. The monoisotopic (exact) mass is 304 g/mol. The fourth-order valence-corrected chi connectivity index (χ4v) is 2.17. The summed E-state index contributed by atoms with van der Waals surface area (Å²) in [6.07, 6.45) is 0. The number of rotatable bonds is 4. The van der Waals surface area contributed by atoms with E-state index in [1.807, 2.05) is 26.1 Å². The third-order valence-electron chi connectivity index (χ3n) is 3.18. The second kappa shape index (κ2) is 6.50. The number of carbonyl (C=O) groups excluding carboxylic acids is 1. The van der Waals surface area contributed by atoms with E-state index in [4.69, 9.17) is 16.3 Å². The summed E-state index contributed by atoms with van der Waals surface area (Å²) in [7, 11) is 3.41. The van der Waals surface area contributed by atoms with Crippen LogP contribution in [0.15, 0.2) is 36.4 Å². The molecule has 0 atom stereocenters. The number of carbonyl (C=O) groups is 1. The van der Waals surface area contributed by atoms with Gasteiger partial charge in [0.1, 0.15) is 5.75 Å². The van der Waals surface area contributed by atoms with Crippen molar-refractivity contribution in [1.82, 2.24) is 0 Å². The van der Waals surface area contributed by atoms with E-state index in [0.717, 1.165) is 11.3 Å². The van der Waals surface area contributed by atoms with E-state index in [1.165, 1.54) is 0 Å². The van der Waals surface area contributed by atoms with Crippen LogP contribution in [0.5, 0.6) is 5.75 Å². The number of methoxy groups -OCH3 is 1. The fourth-order valence-electron chi connectivity index (χ4n) is 2.01. The molecule has 0 unspecified atom stereocenters. The van der Waals surface area contributed by atoms with Gasteiger partial charge in [0.05, 0.1) is 17.8 Å². The number of aryl methyl sites for hydroxylation is 1. The Bertz CT molecular complexity index is 671. The van der Waals surface area contributed by atoms with Gasteiger partial charge in [0.25, 0.3) is 5.91 Å². The average Bonchev–Trinajstić information content (AvgIpc) is 2.49. The van der Waals surface area contributed by atoms with Crippen molar-refractivity contribution in [1.29, 1.82) is 0 Å². The lowest BCUT2D eigenvalue weighted by molar-refractivity contribution is 0.102. The highest BCUT2D eigenvalue weighted by Crippen LogP contribution is 2.27. The maximum absolute atomic E-state index is 12.3. The molecule has 0 radical (unpaired) electrons. The molecule has 2 aromatic carbocycles. The molecule has 0 saturated heterocycles. The van der Waals surface area contributed by atoms with Crippen molar-refractivity contribution in [3.8, 4) is 5.75 Å². The van der Waals surface area contributed by atoms with Crippen LogP contribution in [0.25, 0.3) is 0 Å². The molecule has 0 saturated carbocycles. The summed E-state index contributed by atoms with van der Waals surface area (Å²) in [5.74, 6) is 0.423. The zero-order chi connectivity index (χ0) is 15.4. The Morgan fingerprint density at radius 1 is 1.14 bits per heavy atom. The minimum absolute atomic E-state index is 0.212. The Balaban J connectivity index is 2.23. The van der Waals surface area contributed by atoms with Gasteiger partial charge in [-0.2, -0.15) is 0 Å². The second-order valence-electron chi connectivity index (χ2n) is 4.58. The first kappa shape index (κ1) is 15.2. The largest absolute Gasteiger partial charge is 0.497 e. The number of benzene rings is 2. The summed E-state index contributed by atoms with van der Waals surface area (Å²) < 4.78 is 5.13. The van der Waals surface area contributed by atoms with Gasteiger partial charge in [0, 0.05) is 24.4 Å². The molecule has 2 aromatic rings. The van der Waals surface area contributed by atoms with Gasteiger partial charge < -0.3 is 15.4 Å². The fraction of sp³-hybridized carbons (Fsp3) is 0.188. The van der Waals surface area contributed by atoms with Crippen molar-refractivity contribution in [3.63, 3.8) is 0 Å². The molecular weight excluding hydrogens is 288 g/mol. The van der Waals surface area contributed by atoms with Crippen LogP contribution in [-0.2, 0) is 0 Å². The van der Waals surface area contributed by atoms with Crippen LogP contribution in [0.2, 0.25) is 5.02 Å². The summed E-state index contributed by atoms with van der Waals surface area (Å²) in [5, 5.41) is 6.33. The first-order valence-electron chi connectivity index (χ1n) is 6.48. The highest BCUT2D eigenvalue weighted by atomic mass is 35.5. The van der Waals surface area contributed by atoms with Crippen LogP contribution in [-0.4, -0.2) is 20.1 Å². The van der Waals surface area contributed by atoms with E-state index in [0.29, 0.717) is 22.0 Å². The number of ether oxygens (including phenoxy) is 1. The lowest BCUT2D eigenvalue weighted by Gasteiger charge is -2.11. The average molecular weight is 305 g/mol. The van der Waals surface area contributed by atoms with Crippen molar-refractivity contribution in [2.24, 2.45) is 0 Å². The highest BCUT2D eigenvalue weighted by Gasteiger charge is 2.10. The SMILES string of the molecule is CNc1ccc(C(=O)Nc2cc(OC)ccc2Cl)cc1C. The van der Waals surface area contributed by atoms with Crippen LogP contribution in [0, 0.1) is 6.92 Å². The van der Waals surface area contributed by atoms with E-state index in [1.54, 1.807) is 31.4 Å². The van der Waals surface area contributed by atoms with Gasteiger partial charge in [-0.05, 0) is 42.8 Å². The Kier molecular flexibility index (Phi) is 4.70. The molecule has 2 N–H and O–H groups in total. The summed E-state index contributed by atoms with van der Waals surface area (Å²) >= 11 is 6.08. The third-order valence-corrected chi connectivity index (χ3v) is 3.51. The normalized spacial score (nSPS) is 10.1. The molecule has 110 valence electrons. The number of amides is 1. The van der Waals surface area contributed by atoms with Gasteiger partial charge >= 0.3 is 0 Å². The molecule has 4 nitrogen and oxygen atoms in total. The van der Waals surface area contributed by atoms with E-state index in [2.05, 4.69) is 10.6 Å². The molecule has 5 heteroatoms.